The summed E-state index contributed by atoms with van der Waals surface area (Å²) >= 11 is 0. The summed E-state index contributed by atoms with van der Waals surface area (Å²) in [6, 6.07) is 19.0. The normalized spacial score (nSPS) is 10.3. The van der Waals surface area contributed by atoms with E-state index >= 15 is 0 Å². The Bertz CT molecular complexity index is 1100. The third kappa shape index (κ3) is 6.75. The van der Waals surface area contributed by atoms with Crippen LogP contribution in [0, 0.1) is 0 Å². The van der Waals surface area contributed by atoms with Crippen molar-refractivity contribution in [3.8, 4) is 17.2 Å². The average Bonchev–Trinajstić information content (AvgIpc) is 2.87. The zero-order chi connectivity index (χ0) is 24.3. The standard InChI is InChI=1S/C27H30N2O5/c1-4-16-33-22-11-7-20(8-12-22)28-26(30)19-6-15-25(32-3)24(18-19)27(31)29-21-9-13-23(14-10-21)34-17-5-2/h6-15,18H,4-5,16-17H2,1-3H3,(H,28,30)(H,29,31). The molecule has 34 heavy (non-hydrogen) atoms. The van der Waals surface area contributed by atoms with E-state index in [1.54, 1.807) is 60.7 Å². The van der Waals surface area contributed by atoms with Crippen molar-refractivity contribution in [2.75, 3.05) is 31.0 Å². The second-order valence-corrected chi connectivity index (χ2v) is 7.57. The van der Waals surface area contributed by atoms with Gasteiger partial charge in [0.1, 0.15) is 17.2 Å². The Balaban J connectivity index is 1.70. The number of methoxy groups -OCH3 is 1. The monoisotopic (exact) mass is 462 g/mol. The van der Waals surface area contributed by atoms with Crippen molar-refractivity contribution < 1.29 is 23.8 Å². The summed E-state index contributed by atoms with van der Waals surface area (Å²) in [5.74, 6) is 1.13. The summed E-state index contributed by atoms with van der Waals surface area (Å²) in [7, 11) is 1.48. The second kappa shape index (κ2) is 12.3. The van der Waals surface area contributed by atoms with E-state index in [0.29, 0.717) is 35.9 Å². The highest BCUT2D eigenvalue weighted by atomic mass is 16.5. The first-order valence-corrected chi connectivity index (χ1v) is 11.3. The summed E-state index contributed by atoms with van der Waals surface area (Å²) in [4.78, 5) is 25.7. The SMILES string of the molecule is CCCOc1ccc(NC(=O)c2ccc(OC)c(C(=O)Nc3ccc(OCCC)cc3)c2)cc1. The number of benzene rings is 3. The van der Waals surface area contributed by atoms with Crippen LogP contribution in [0.3, 0.4) is 0 Å². The highest BCUT2D eigenvalue weighted by Gasteiger charge is 2.17. The molecule has 0 aliphatic rings. The molecular formula is C27H30N2O5. The van der Waals surface area contributed by atoms with Gasteiger partial charge in [-0.05, 0) is 79.6 Å². The van der Waals surface area contributed by atoms with Crippen LogP contribution >= 0.6 is 0 Å². The van der Waals surface area contributed by atoms with E-state index < -0.39 is 0 Å². The van der Waals surface area contributed by atoms with Gasteiger partial charge in [-0.2, -0.15) is 0 Å². The van der Waals surface area contributed by atoms with Gasteiger partial charge in [0.2, 0.25) is 0 Å². The average molecular weight is 463 g/mol. The Morgan fingerprint density at radius 3 is 1.68 bits per heavy atom. The number of nitrogens with one attached hydrogen (secondary N) is 2. The Morgan fingerprint density at radius 2 is 1.21 bits per heavy atom. The number of carbonyl (C=O) groups is 2. The molecule has 0 aliphatic heterocycles. The minimum atomic E-state index is -0.383. The van der Waals surface area contributed by atoms with E-state index in [0.717, 1.165) is 24.3 Å². The lowest BCUT2D eigenvalue weighted by Gasteiger charge is -2.12. The zero-order valence-corrected chi connectivity index (χ0v) is 19.7. The topological polar surface area (TPSA) is 85.9 Å². The predicted molar refractivity (Wildman–Crippen MR) is 133 cm³/mol. The quantitative estimate of drug-likeness (QED) is 0.377. The molecule has 0 radical (unpaired) electrons. The number of anilines is 2. The van der Waals surface area contributed by atoms with Crippen molar-refractivity contribution in [2.45, 2.75) is 26.7 Å². The minimum Gasteiger partial charge on any atom is -0.496 e. The van der Waals surface area contributed by atoms with Gasteiger partial charge in [-0.3, -0.25) is 9.59 Å². The third-order valence-electron chi connectivity index (χ3n) is 4.88. The van der Waals surface area contributed by atoms with E-state index in [2.05, 4.69) is 10.6 Å². The number of ether oxygens (including phenoxy) is 3. The molecule has 0 fully saturated rings. The molecule has 2 N–H and O–H groups in total. The van der Waals surface area contributed by atoms with Gasteiger partial charge in [0.05, 0.1) is 25.9 Å². The molecule has 7 heteroatoms. The first kappa shape index (κ1) is 24.6. The van der Waals surface area contributed by atoms with E-state index in [1.807, 2.05) is 13.8 Å². The summed E-state index contributed by atoms with van der Waals surface area (Å²) in [6.07, 6.45) is 1.84. The molecule has 3 aromatic carbocycles. The smallest absolute Gasteiger partial charge is 0.259 e. The van der Waals surface area contributed by atoms with Gasteiger partial charge >= 0.3 is 0 Å². The molecular weight excluding hydrogens is 432 g/mol. The van der Waals surface area contributed by atoms with Gasteiger partial charge in [-0.1, -0.05) is 13.8 Å². The fourth-order valence-corrected chi connectivity index (χ4v) is 3.14. The molecule has 2 amide bonds. The van der Waals surface area contributed by atoms with Crippen molar-refractivity contribution in [1.82, 2.24) is 0 Å². The van der Waals surface area contributed by atoms with Gasteiger partial charge in [0.25, 0.3) is 11.8 Å². The molecule has 7 nitrogen and oxygen atoms in total. The zero-order valence-electron chi connectivity index (χ0n) is 19.7. The lowest BCUT2D eigenvalue weighted by Crippen LogP contribution is -2.16. The number of hydrogen-bond donors (Lipinski definition) is 2. The van der Waals surface area contributed by atoms with Gasteiger partial charge in [0.15, 0.2) is 0 Å². The molecule has 0 heterocycles. The van der Waals surface area contributed by atoms with Crippen LogP contribution in [0.1, 0.15) is 47.4 Å². The number of rotatable bonds is 11. The molecule has 0 atom stereocenters. The molecule has 0 saturated heterocycles. The van der Waals surface area contributed by atoms with E-state index in [1.165, 1.54) is 13.2 Å². The Kier molecular flexibility index (Phi) is 8.91. The van der Waals surface area contributed by atoms with Gasteiger partial charge in [-0.25, -0.2) is 0 Å². The Hall–Kier alpha value is -4.00. The first-order valence-electron chi connectivity index (χ1n) is 11.3. The number of carbonyl (C=O) groups excluding carboxylic acids is 2. The summed E-state index contributed by atoms with van der Waals surface area (Å²) < 4.78 is 16.5. The van der Waals surface area contributed by atoms with Crippen LogP contribution in [0.5, 0.6) is 17.2 Å². The highest BCUT2D eigenvalue weighted by molar-refractivity contribution is 6.10. The molecule has 0 saturated carbocycles. The van der Waals surface area contributed by atoms with Crippen molar-refractivity contribution in [3.05, 3.63) is 77.9 Å². The predicted octanol–water partition coefficient (Wildman–Crippen LogP) is 5.78. The van der Waals surface area contributed by atoms with Crippen molar-refractivity contribution in [1.29, 1.82) is 0 Å². The van der Waals surface area contributed by atoms with Crippen LogP contribution in [0.4, 0.5) is 11.4 Å². The molecule has 0 bridgehead atoms. The summed E-state index contributed by atoms with van der Waals surface area (Å²) in [6.45, 7) is 5.35. The molecule has 3 aromatic rings. The molecule has 0 unspecified atom stereocenters. The molecule has 0 spiro atoms. The van der Waals surface area contributed by atoms with Crippen LogP contribution in [0.15, 0.2) is 66.7 Å². The van der Waals surface area contributed by atoms with Crippen molar-refractivity contribution in [3.63, 3.8) is 0 Å². The number of hydrogen-bond acceptors (Lipinski definition) is 5. The maximum absolute atomic E-state index is 12.9. The van der Waals surface area contributed by atoms with Crippen LogP contribution in [-0.2, 0) is 0 Å². The lowest BCUT2D eigenvalue weighted by molar-refractivity contribution is 0.102. The minimum absolute atomic E-state index is 0.254. The van der Waals surface area contributed by atoms with Crippen LogP contribution in [0.2, 0.25) is 0 Å². The fourth-order valence-electron chi connectivity index (χ4n) is 3.14. The molecule has 0 aromatic heterocycles. The third-order valence-corrected chi connectivity index (χ3v) is 4.88. The first-order chi connectivity index (χ1) is 16.5. The largest absolute Gasteiger partial charge is 0.496 e. The van der Waals surface area contributed by atoms with E-state index in [4.69, 9.17) is 14.2 Å². The van der Waals surface area contributed by atoms with Crippen molar-refractivity contribution in [2.24, 2.45) is 0 Å². The fraction of sp³-hybridized carbons (Fsp3) is 0.259. The van der Waals surface area contributed by atoms with Crippen molar-refractivity contribution >= 4 is 23.2 Å². The summed E-state index contributed by atoms with van der Waals surface area (Å²) in [5.41, 5.74) is 1.82. The Morgan fingerprint density at radius 1 is 0.706 bits per heavy atom. The van der Waals surface area contributed by atoms with Crippen LogP contribution in [0.25, 0.3) is 0 Å². The van der Waals surface area contributed by atoms with E-state index in [-0.39, 0.29) is 17.4 Å². The molecule has 0 aliphatic carbocycles. The maximum Gasteiger partial charge on any atom is 0.259 e. The van der Waals surface area contributed by atoms with Crippen LogP contribution in [-0.4, -0.2) is 32.1 Å². The van der Waals surface area contributed by atoms with Crippen LogP contribution < -0.4 is 24.8 Å². The number of amides is 2. The highest BCUT2D eigenvalue weighted by Crippen LogP contribution is 2.24. The van der Waals surface area contributed by atoms with Gasteiger partial charge in [0, 0.05) is 16.9 Å². The maximum atomic E-state index is 12.9. The van der Waals surface area contributed by atoms with E-state index in [9.17, 15) is 9.59 Å². The lowest BCUT2D eigenvalue weighted by atomic mass is 10.1. The molecule has 178 valence electrons. The summed E-state index contributed by atoms with van der Waals surface area (Å²) in [5, 5.41) is 5.67. The second-order valence-electron chi connectivity index (χ2n) is 7.57. The van der Waals surface area contributed by atoms with Gasteiger partial charge < -0.3 is 24.8 Å². The molecule has 3 rings (SSSR count). The Labute approximate surface area is 200 Å². The van der Waals surface area contributed by atoms with Gasteiger partial charge in [-0.15, -0.1) is 0 Å².